The third kappa shape index (κ3) is 2.86. The molecule has 5 rings (SSSR count). The van der Waals surface area contributed by atoms with Crippen molar-refractivity contribution in [2.24, 2.45) is 0 Å². The molecule has 0 radical (unpaired) electrons. The highest BCUT2D eigenvalue weighted by atomic mass is 32.1. The number of ether oxygens (including phenoxy) is 1. The van der Waals surface area contributed by atoms with Gasteiger partial charge in [0.25, 0.3) is 0 Å². The number of amides is 1. The van der Waals surface area contributed by atoms with Crippen LogP contribution in [0, 0.1) is 0 Å². The van der Waals surface area contributed by atoms with E-state index in [0.717, 1.165) is 21.9 Å². The Hall–Kier alpha value is -3.18. The number of nitrogens with one attached hydrogen (secondary N) is 1. The lowest BCUT2D eigenvalue weighted by molar-refractivity contribution is -0.116. The maximum Gasteiger partial charge on any atom is 0.229 e. The molecular weight excluding hydrogens is 356 g/mol. The van der Waals surface area contributed by atoms with E-state index in [2.05, 4.69) is 46.7 Å². The Balaban J connectivity index is 1.30. The summed E-state index contributed by atoms with van der Waals surface area (Å²) in [5.74, 6) is 0.674. The Kier molecular flexibility index (Phi) is 3.87. The Morgan fingerprint density at radius 3 is 2.56 bits per heavy atom. The van der Waals surface area contributed by atoms with E-state index in [9.17, 15) is 4.79 Å². The van der Waals surface area contributed by atoms with Gasteiger partial charge in [-0.2, -0.15) is 0 Å². The second kappa shape index (κ2) is 6.52. The van der Waals surface area contributed by atoms with Crippen LogP contribution in [-0.4, -0.2) is 17.5 Å². The molecule has 0 bridgehead atoms. The van der Waals surface area contributed by atoms with Crippen molar-refractivity contribution in [3.8, 4) is 27.4 Å². The molecule has 1 heterocycles. The molecule has 4 nitrogen and oxygen atoms in total. The van der Waals surface area contributed by atoms with E-state index in [-0.39, 0.29) is 12.3 Å². The van der Waals surface area contributed by atoms with Crippen LogP contribution in [-0.2, 0) is 4.79 Å². The number of para-hydroxylation sites is 1. The van der Waals surface area contributed by atoms with Crippen molar-refractivity contribution in [1.82, 2.24) is 4.98 Å². The molecule has 1 aliphatic rings. The quantitative estimate of drug-likeness (QED) is 0.452. The number of hydrogen-bond acceptors (Lipinski definition) is 4. The molecule has 0 aliphatic heterocycles. The summed E-state index contributed by atoms with van der Waals surface area (Å²) in [5, 5.41) is 6.02. The minimum absolute atomic E-state index is 0.0927. The summed E-state index contributed by atoms with van der Waals surface area (Å²) in [6, 6.07) is 22.1. The fourth-order valence-electron chi connectivity index (χ4n) is 3.43. The van der Waals surface area contributed by atoms with E-state index in [0.29, 0.717) is 11.7 Å². The smallest absolute Gasteiger partial charge is 0.229 e. The van der Waals surface area contributed by atoms with Gasteiger partial charge in [0, 0.05) is 11.1 Å². The first kappa shape index (κ1) is 16.0. The van der Waals surface area contributed by atoms with Gasteiger partial charge in [-0.3, -0.25) is 4.79 Å². The molecule has 27 heavy (non-hydrogen) atoms. The van der Waals surface area contributed by atoms with Crippen LogP contribution in [0.2, 0.25) is 0 Å². The molecule has 0 saturated heterocycles. The second-order valence-electron chi connectivity index (χ2n) is 6.37. The molecule has 0 spiro atoms. The molecule has 0 fully saturated rings. The lowest BCUT2D eigenvalue weighted by Crippen LogP contribution is -2.15. The molecule has 4 aromatic rings. The summed E-state index contributed by atoms with van der Waals surface area (Å²) >= 11 is 1.53. The summed E-state index contributed by atoms with van der Waals surface area (Å²) in [4.78, 5) is 18.0. The van der Waals surface area contributed by atoms with Crippen LogP contribution in [0.3, 0.4) is 0 Å². The van der Waals surface area contributed by atoms with E-state index >= 15 is 0 Å². The van der Waals surface area contributed by atoms with E-state index < -0.39 is 0 Å². The zero-order valence-corrected chi connectivity index (χ0v) is 15.3. The van der Waals surface area contributed by atoms with Gasteiger partial charge in [-0.15, -0.1) is 0 Å². The van der Waals surface area contributed by atoms with E-state index in [4.69, 9.17) is 4.74 Å². The third-order valence-corrected chi connectivity index (χ3v) is 5.62. The van der Waals surface area contributed by atoms with E-state index in [1.165, 1.54) is 27.7 Å². The number of rotatable bonds is 5. The fourth-order valence-corrected chi connectivity index (χ4v) is 4.45. The monoisotopic (exact) mass is 372 g/mol. The van der Waals surface area contributed by atoms with Gasteiger partial charge in [0.05, 0.1) is 23.6 Å². The molecule has 1 aromatic heterocycles. The van der Waals surface area contributed by atoms with E-state index in [1.807, 2.05) is 30.3 Å². The number of aromatic nitrogens is 1. The first-order chi connectivity index (χ1) is 13.3. The van der Waals surface area contributed by atoms with Gasteiger partial charge >= 0.3 is 0 Å². The molecular formula is C22H16N2O2S. The van der Waals surface area contributed by atoms with Crippen molar-refractivity contribution >= 4 is 33.1 Å². The highest BCUT2D eigenvalue weighted by molar-refractivity contribution is 7.20. The Bertz CT molecular complexity index is 1100. The minimum atomic E-state index is -0.0927. The highest BCUT2D eigenvalue weighted by Crippen LogP contribution is 2.50. The number of nitrogens with zero attached hydrogens (tertiary/aromatic N) is 1. The molecule has 0 atom stereocenters. The zero-order valence-electron chi connectivity index (χ0n) is 14.4. The first-order valence-electron chi connectivity index (χ1n) is 8.80. The predicted molar refractivity (Wildman–Crippen MR) is 109 cm³/mol. The maximum absolute atomic E-state index is 12.2. The van der Waals surface area contributed by atoms with Crippen molar-refractivity contribution in [2.45, 2.75) is 6.42 Å². The van der Waals surface area contributed by atoms with Gasteiger partial charge in [-0.05, 0) is 22.9 Å². The van der Waals surface area contributed by atoms with Gasteiger partial charge in [-0.25, -0.2) is 4.98 Å². The van der Waals surface area contributed by atoms with Crippen molar-refractivity contribution in [2.75, 3.05) is 11.9 Å². The highest BCUT2D eigenvalue weighted by Gasteiger charge is 2.25. The van der Waals surface area contributed by atoms with Gasteiger partial charge < -0.3 is 10.1 Å². The average molecular weight is 372 g/mol. The van der Waals surface area contributed by atoms with Crippen LogP contribution >= 0.6 is 11.3 Å². The van der Waals surface area contributed by atoms with Gasteiger partial charge in [0.2, 0.25) is 5.91 Å². The van der Waals surface area contributed by atoms with Gasteiger partial charge in [0.15, 0.2) is 5.13 Å². The topological polar surface area (TPSA) is 51.2 Å². The minimum Gasteiger partial charge on any atom is -0.493 e. The molecule has 1 amide bonds. The summed E-state index contributed by atoms with van der Waals surface area (Å²) in [6.45, 7) is 0.336. The number of carbonyl (C=O) groups is 1. The number of benzene rings is 3. The van der Waals surface area contributed by atoms with Crippen LogP contribution in [0.4, 0.5) is 5.13 Å². The number of anilines is 1. The SMILES string of the molecule is O=C(CCOc1ccccc1)Nc1nc2c(s1)-c1cccc3cccc-2c13. The zero-order chi connectivity index (χ0) is 18.2. The largest absolute Gasteiger partial charge is 0.493 e. The maximum atomic E-state index is 12.2. The van der Waals surface area contributed by atoms with Crippen LogP contribution in [0.25, 0.3) is 32.5 Å². The third-order valence-electron chi connectivity index (χ3n) is 4.62. The lowest BCUT2D eigenvalue weighted by atomic mass is 10.0. The molecule has 1 N–H and O–H groups in total. The van der Waals surface area contributed by atoms with Crippen LogP contribution in [0.1, 0.15) is 6.42 Å². The van der Waals surface area contributed by atoms with Gasteiger partial charge in [0.1, 0.15) is 5.75 Å². The number of thiazole rings is 1. The van der Waals surface area contributed by atoms with Crippen molar-refractivity contribution in [3.63, 3.8) is 0 Å². The molecule has 132 valence electrons. The van der Waals surface area contributed by atoms with Crippen LogP contribution in [0.15, 0.2) is 66.7 Å². The first-order valence-corrected chi connectivity index (χ1v) is 9.62. The van der Waals surface area contributed by atoms with Crippen LogP contribution < -0.4 is 10.1 Å². The number of fused-ring (bicyclic) bond motifs is 3. The normalized spacial score (nSPS) is 11.4. The lowest BCUT2D eigenvalue weighted by Gasteiger charge is -2.06. The molecule has 5 heteroatoms. The summed E-state index contributed by atoms with van der Waals surface area (Å²) in [7, 11) is 0. The van der Waals surface area contributed by atoms with Crippen molar-refractivity contribution < 1.29 is 9.53 Å². The summed E-state index contributed by atoms with van der Waals surface area (Å²) in [5.41, 5.74) is 3.30. The second-order valence-corrected chi connectivity index (χ2v) is 7.36. The Morgan fingerprint density at radius 2 is 1.74 bits per heavy atom. The van der Waals surface area contributed by atoms with Crippen LogP contribution in [0.5, 0.6) is 5.75 Å². The fraction of sp³-hybridized carbons (Fsp3) is 0.0909. The van der Waals surface area contributed by atoms with E-state index in [1.54, 1.807) is 0 Å². The Labute approximate surface area is 160 Å². The number of carbonyl (C=O) groups excluding carboxylic acids is 1. The van der Waals surface area contributed by atoms with Crippen molar-refractivity contribution in [3.05, 3.63) is 66.7 Å². The molecule has 1 aliphatic carbocycles. The Morgan fingerprint density at radius 1 is 0.963 bits per heavy atom. The van der Waals surface area contributed by atoms with Gasteiger partial charge in [-0.1, -0.05) is 65.9 Å². The molecule has 0 unspecified atom stereocenters. The average Bonchev–Trinajstić information content (AvgIpc) is 3.22. The standard InChI is InChI=1S/C22H16N2O2S/c25-18(12-13-26-15-8-2-1-3-9-15)23-22-24-20-16-10-4-6-14-7-5-11-17(19(14)16)21(20)27-22/h1-11H,12-13H2,(H,23,24,25). The molecule has 3 aromatic carbocycles. The number of hydrogen-bond donors (Lipinski definition) is 1. The predicted octanol–water partition coefficient (Wildman–Crippen LogP) is 5.35. The summed E-state index contributed by atoms with van der Waals surface area (Å²) < 4.78 is 5.58. The van der Waals surface area contributed by atoms with Crippen molar-refractivity contribution in [1.29, 1.82) is 0 Å². The summed E-state index contributed by atoms with van der Waals surface area (Å²) in [6.07, 6.45) is 0.283. The molecule has 0 saturated carbocycles.